The number of nitrogens with one attached hydrogen (secondary N) is 1. The Kier molecular flexibility index (Phi) is 6.74. The smallest absolute Gasteiger partial charge is 0.335 e. The molecule has 1 fully saturated rings. The molecule has 4 aromatic rings. The number of amides is 1. The van der Waals surface area contributed by atoms with E-state index < -0.39 is 5.91 Å². The van der Waals surface area contributed by atoms with Crippen LogP contribution in [0.5, 0.6) is 5.88 Å². The van der Waals surface area contributed by atoms with Crippen LogP contribution in [0.1, 0.15) is 28.9 Å². The highest BCUT2D eigenvalue weighted by Gasteiger charge is 2.25. The highest BCUT2D eigenvalue weighted by atomic mass is 16.5. The topological polar surface area (TPSA) is 126 Å². The van der Waals surface area contributed by atoms with Crippen molar-refractivity contribution in [3.05, 3.63) is 88.7 Å². The summed E-state index contributed by atoms with van der Waals surface area (Å²) < 4.78 is 3.01. The van der Waals surface area contributed by atoms with Crippen LogP contribution >= 0.6 is 0 Å². The van der Waals surface area contributed by atoms with Crippen LogP contribution in [0.3, 0.4) is 0 Å². The predicted octanol–water partition coefficient (Wildman–Crippen LogP) is 3.15. The Morgan fingerprint density at radius 2 is 1.62 bits per heavy atom. The second kappa shape index (κ2) is 10.3. The van der Waals surface area contributed by atoms with E-state index in [1.54, 1.807) is 17.0 Å². The van der Waals surface area contributed by atoms with E-state index in [0.717, 1.165) is 24.0 Å². The zero-order valence-corrected chi connectivity index (χ0v) is 20.4. The summed E-state index contributed by atoms with van der Waals surface area (Å²) in [5, 5.41) is 19.5. The summed E-state index contributed by atoms with van der Waals surface area (Å²) in [6.45, 7) is 3.69. The fourth-order valence-electron chi connectivity index (χ4n) is 4.76. The monoisotopic (exact) mass is 500 g/mol. The first-order valence-electron chi connectivity index (χ1n) is 12.1. The summed E-state index contributed by atoms with van der Waals surface area (Å²) in [4.78, 5) is 35.3. The number of benzene rings is 2. The number of hydrogen-bond donors (Lipinski definition) is 3. The Morgan fingerprint density at radius 1 is 1.00 bits per heavy atom. The van der Waals surface area contributed by atoms with Gasteiger partial charge in [0, 0.05) is 32.0 Å². The van der Waals surface area contributed by atoms with E-state index in [1.165, 1.54) is 17.0 Å². The van der Waals surface area contributed by atoms with Crippen LogP contribution in [-0.2, 0) is 6.54 Å². The molecule has 0 unspecified atom stereocenters. The van der Waals surface area contributed by atoms with Crippen LogP contribution in [0.2, 0.25) is 0 Å². The molecule has 0 aliphatic carbocycles. The standard InChI is InChI=1S/C27H28N6O4/c1-18-25(35)33(23-9-7-21(8-10-23)20-5-3-2-4-6-20)27(36)32(18)17-19-11-13-31(14-12-19)26-28-15-22(16-29-26)24(34)30-37/h2-10,15-16,19,35,37H,11-14,17H2,1H3,(H,30,34). The lowest BCUT2D eigenvalue weighted by atomic mass is 9.97. The summed E-state index contributed by atoms with van der Waals surface area (Å²) >= 11 is 0. The van der Waals surface area contributed by atoms with Crippen LogP contribution in [0.25, 0.3) is 16.8 Å². The number of aromatic hydroxyl groups is 1. The zero-order valence-electron chi connectivity index (χ0n) is 20.4. The molecule has 10 nitrogen and oxygen atoms in total. The first kappa shape index (κ1) is 24.3. The maximum absolute atomic E-state index is 13.3. The van der Waals surface area contributed by atoms with Crippen molar-refractivity contribution >= 4 is 11.9 Å². The first-order valence-corrected chi connectivity index (χ1v) is 12.1. The van der Waals surface area contributed by atoms with E-state index in [2.05, 4.69) is 9.97 Å². The molecular formula is C27H28N6O4. The molecule has 0 saturated carbocycles. The summed E-state index contributed by atoms with van der Waals surface area (Å²) in [5.74, 6) is 0.0653. The lowest BCUT2D eigenvalue weighted by molar-refractivity contribution is 0.0705. The Morgan fingerprint density at radius 3 is 2.24 bits per heavy atom. The molecule has 37 heavy (non-hydrogen) atoms. The van der Waals surface area contributed by atoms with Gasteiger partial charge in [0.25, 0.3) is 5.91 Å². The van der Waals surface area contributed by atoms with E-state index in [4.69, 9.17) is 5.21 Å². The number of aromatic nitrogens is 4. The van der Waals surface area contributed by atoms with Gasteiger partial charge in [0.05, 0.1) is 16.9 Å². The predicted molar refractivity (Wildman–Crippen MR) is 138 cm³/mol. The van der Waals surface area contributed by atoms with E-state index in [-0.39, 0.29) is 23.1 Å². The number of carbonyl (C=O) groups is 1. The molecule has 190 valence electrons. The minimum Gasteiger partial charge on any atom is -0.493 e. The van der Waals surface area contributed by atoms with Crippen molar-refractivity contribution < 1.29 is 15.1 Å². The average molecular weight is 501 g/mol. The van der Waals surface area contributed by atoms with Crippen molar-refractivity contribution in [2.75, 3.05) is 18.0 Å². The number of imidazole rings is 1. The summed E-state index contributed by atoms with van der Waals surface area (Å²) in [6.07, 6.45) is 4.40. The molecule has 10 heteroatoms. The number of anilines is 1. The van der Waals surface area contributed by atoms with Gasteiger partial charge in [-0.1, -0.05) is 42.5 Å². The molecule has 0 bridgehead atoms. The van der Waals surface area contributed by atoms with Crippen LogP contribution in [-0.4, -0.2) is 48.4 Å². The van der Waals surface area contributed by atoms with Crippen molar-refractivity contribution in [2.24, 2.45) is 5.92 Å². The second-order valence-corrected chi connectivity index (χ2v) is 9.19. The van der Waals surface area contributed by atoms with Crippen molar-refractivity contribution in [1.82, 2.24) is 24.6 Å². The lowest BCUT2D eigenvalue weighted by Gasteiger charge is -2.32. The van der Waals surface area contributed by atoms with Crippen LogP contribution in [0.4, 0.5) is 5.95 Å². The lowest BCUT2D eigenvalue weighted by Crippen LogP contribution is -2.37. The minimum absolute atomic E-state index is 0.0460. The number of carbonyl (C=O) groups excluding carboxylic acids is 1. The molecule has 1 amide bonds. The van der Waals surface area contributed by atoms with Gasteiger partial charge in [0.2, 0.25) is 11.8 Å². The van der Waals surface area contributed by atoms with Gasteiger partial charge >= 0.3 is 5.69 Å². The third-order valence-corrected chi connectivity index (χ3v) is 6.94. The molecule has 2 aromatic carbocycles. The highest BCUT2D eigenvalue weighted by molar-refractivity contribution is 5.92. The van der Waals surface area contributed by atoms with Crippen molar-refractivity contribution in [3.63, 3.8) is 0 Å². The van der Waals surface area contributed by atoms with Gasteiger partial charge in [-0.05, 0) is 48.9 Å². The number of piperidine rings is 1. The quantitative estimate of drug-likeness (QED) is 0.274. The van der Waals surface area contributed by atoms with Gasteiger partial charge in [-0.3, -0.25) is 14.6 Å². The van der Waals surface area contributed by atoms with Crippen LogP contribution < -0.4 is 16.1 Å². The van der Waals surface area contributed by atoms with Gasteiger partial charge in [-0.15, -0.1) is 0 Å². The van der Waals surface area contributed by atoms with E-state index >= 15 is 0 Å². The molecule has 0 spiro atoms. The molecule has 1 aliphatic rings. The number of rotatable bonds is 6. The van der Waals surface area contributed by atoms with Crippen LogP contribution in [0, 0.1) is 12.8 Å². The molecule has 3 N–H and O–H groups in total. The van der Waals surface area contributed by atoms with Crippen molar-refractivity contribution in [3.8, 4) is 22.7 Å². The molecule has 3 heterocycles. The number of hydroxylamine groups is 1. The maximum Gasteiger partial charge on any atom is 0.335 e. The van der Waals surface area contributed by atoms with Crippen LogP contribution in [0.15, 0.2) is 71.8 Å². The summed E-state index contributed by atoms with van der Waals surface area (Å²) in [6, 6.07) is 17.6. The Balaban J connectivity index is 1.27. The summed E-state index contributed by atoms with van der Waals surface area (Å²) in [5.41, 5.74) is 4.77. The Bertz CT molecular complexity index is 1440. The van der Waals surface area contributed by atoms with Gasteiger partial charge in [0.15, 0.2) is 0 Å². The van der Waals surface area contributed by atoms with Gasteiger partial charge < -0.3 is 10.0 Å². The average Bonchev–Trinajstić information content (AvgIpc) is 3.16. The fourth-order valence-corrected chi connectivity index (χ4v) is 4.76. The second-order valence-electron chi connectivity index (χ2n) is 9.19. The maximum atomic E-state index is 13.3. The molecule has 1 aliphatic heterocycles. The zero-order chi connectivity index (χ0) is 25.9. The SMILES string of the molecule is Cc1c(O)n(-c2ccc(-c3ccccc3)cc2)c(=O)n1CC1CCN(c2ncc(C(=O)NO)cn2)CC1. The van der Waals surface area contributed by atoms with E-state index in [9.17, 15) is 14.7 Å². The van der Waals surface area contributed by atoms with Gasteiger partial charge in [0.1, 0.15) is 0 Å². The number of nitrogens with zero attached hydrogens (tertiary/aromatic N) is 5. The van der Waals surface area contributed by atoms with Crippen molar-refractivity contribution in [1.29, 1.82) is 0 Å². The number of hydrogen-bond acceptors (Lipinski definition) is 7. The van der Waals surface area contributed by atoms with Gasteiger partial charge in [-0.2, -0.15) is 0 Å². The molecule has 0 atom stereocenters. The third-order valence-electron chi connectivity index (χ3n) is 6.94. The minimum atomic E-state index is -0.659. The normalized spacial score (nSPS) is 14.1. The summed E-state index contributed by atoms with van der Waals surface area (Å²) in [7, 11) is 0. The largest absolute Gasteiger partial charge is 0.493 e. The van der Waals surface area contributed by atoms with Crippen molar-refractivity contribution in [2.45, 2.75) is 26.3 Å². The highest BCUT2D eigenvalue weighted by Crippen LogP contribution is 2.26. The molecule has 0 radical (unpaired) electrons. The Hall–Kier alpha value is -4.44. The molecule has 5 rings (SSSR count). The van der Waals surface area contributed by atoms with Gasteiger partial charge in [-0.25, -0.2) is 24.8 Å². The third kappa shape index (κ3) is 4.83. The van der Waals surface area contributed by atoms with E-state index in [0.29, 0.717) is 37.0 Å². The molecule has 2 aromatic heterocycles. The molecular weight excluding hydrogens is 472 g/mol. The Labute approximate surface area is 213 Å². The first-order chi connectivity index (χ1) is 18.0. The molecule has 1 saturated heterocycles. The van der Waals surface area contributed by atoms with E-state index in [1.807, 2.05) is 59.5 Å². The fraction of sp³-hybridized carbons (Fsp3) is 0.259.